The molecule has 100 valence electrons. The summed E-state index contributed by atoms with van der Waals surface area (Å²) in [7, 11) is 0. The molecule has 3 atom stereocenters. The predicted octanol–water partition coefficient (Wildman–Crippen LogP) is 2.15. The van der Waals surface area contributed by atoms with Crippen molar-refractivity contribution in [3.8, 4) is 0 Å². The van der Waals surface area contributed by atoms with Crippen LogP contribution >= 0.6 is 11.8 Å². The summed E-state index contributed by atoms with van der Waals surface area (Å²) in [6, 6.07) is -0.0284. The molecule has 0 aromatic carbocycles. The minimum atomic E-state index is -0.366. The van der Waals surface area contributed by atoms with E-state index in [2.05, 4.69) is 12.2 Å². The zero-order valence-corrected chi connectivity index (χ0v) is 12.1. The van der Waals surface area contributed by atoms with Crippen molar-refractivity contribution in [3.63, 3.8) is 0 Å². The van der Waals surface area contributed by atoms with E-state index >= 15 is 0 Å². The second-order valence-electron chi connectivity index (χ2n) is 5.22. The van der Waals surface area contributed by atoms with Crippen molar-refractivity contribution in [1.29, 1.82) is 0 Å². The number of rotatable bonds is 5. The maximum Gasteiger partial charge on any atom is 0.237 e. The summed E-state index contributed by atoms with van der Waals surface area (Å²) >= 11 is 2.02. The molecule has 1 aliphatic carbocycles. The maximum absolute atomic E-state index is 11.9. The highest BCUT2D eigenvalue weighted by molar-refractivity contribution is 7.99. The highest BCUT2D eigenvalue weighted by Gasteiger charge is 2.25. The van der Waals surface area contributed by atoms with Gasteiger partial charge in [0, 0.05) is 11.3 Å². The lowest BCUT2D eigenvalue weighted by atomic mass is 9.94. The van der Waals surface area contributed by atoms with Gasteiger partial charge in [0.15, 0.2) is 0 Å². The quantitative estimate of drug-likeness (QED) is 0.794. The van der Waals surface area contributed by atoms with Crippen LogP contribution in [0.1, 0.15) is 46.5 Å². The van der Waals surface area contributed by atoms with Crippen molar-refractivity contribution in [2.45, 2.75) is 63.8 Å². The number of carbonyl (C=O) groups is 1. The van der Waals surface area contributed by atoms with E-state index in [0.717, 1.165) is 18.6 Å². The summed E-state index contributed by atoms with van der Waals surface area (Å²) in [6.45, 7) is 6.17. The Kier molecular flexibility index (Phi) is 6.34. The fourth-order valence-electron chi connectivity index (χ4n) is 2.26. The number of carbonyl (C=O) groups excluding carboxylic acids is 1. The van der Waals surface area contributed by atoms with Crippen LogP contribution in [-0.2, 0) is 4.79 Å². The molecule has 4 heteroatoms. The van der Waals surface area contributed by atoms with Gasteiger partial charge in [-0.2, -0.15) is 11.8 Å². The summed E-state index contributed by atoms with van der Waals surface area (Å²) in [5, 5.41) is 3.83. The first-order valence-electron chi connectivity index (χ1n) is 6.72. The molecule has 0 radical (unpaired) electrons. The summed E-state index contributed by atoms with van der Waals surface area (Å²) < 4.78 is 0. The Balaban J connectivity index is 2.38. The van der Waals surface area contributed by atoms with Gasteiger partial charge in [-0.05, 0) is 30.9 Å². The van der Waals surface area contributed by atoms with Gasteiger partial charge in [0.25, 0.3) is 0 Å². The minimum absolute atomic E-state index is 0.0205. The first-order chi connectivity index (χ1) is 8.04. The van der Waals surface area contributed by atoms with Crippen LogP contribution in [0.15, 0.2) is 0 Å². The molecule has 0 saturated heterocycles. The maximum atomic E-state index is 11.9. The lowest BCUT2D eigenvalue weighted by molar-refractivity contribution is -0.124. The van der Waals surface area contributed by atoms with E-state index < -0.39 is 0 Å². The van der Waals surface area contributed by atoms with Gasteiger partial charge in [-0.15, -0.1) is 0 Å². The van der Waals surface area contributed by atoms with Crippen LogP contribution in [-0.4, -0.2) is 29.0 Å². The van der Waals surface area contributed by atoms with Gasteiger partial charge in [-0.25, -0.2) is 0 Å². The van der Waals surface area contributed by atoms with E-state index in [1.165, 1.54) is 12.8 Å². The second-order valence-corrected chi connectivity index (χ2v) is 6.80. The van der Waals surface area contributed by atoms with Gasteiger partial charge in [0.2, 0.25) is 5.91 Å². The van der Waals surface area contributed by atoms with E-state index in [9.17, 15) is 4.79 Å². The third-order valence-electron chi connectivity index (χ3n) is 3.40. The van der Waals surface area contributed by atoms with E-state index in [1.54, 1.807) is 0 Å². The average molecular weight is 258 g/mol. The van der Waals surface area contributed by atoms with Gasteiger partial charge in [-0.1, -0.05) is 27.2 Å². The average Bonchev–Trinajstić information content (AvgIpc) is 2.28. The largest absolute Gasteiger partial charge is 0.352 e. The minimum Gasteiger partial charge on any atom is -0.352 e. The van der Waals surface area contributed by atoms with Crippen LogP contribution in [0.2, 0.25) is 0 Å². The lowest BCUT2D eigenvalue weighted by Crippen LogP contribution is -2.49. The molecule has 0 bridgehead atoms. The Hall–Kier alpha value is -0.220. The summed E-state index contributed by atoms with van der Waals surface area (Å²) in [5.41, 5.74) is 5.85. The summed E-state index contributed by atoms with van der Waals surface area (Å²) in [5.74, 6) is 1.39. The Bertz CT molecular complexity index is 244. The van der Waals surface area contributed by atoms with Gasteiger partial charge in [-0.3, -0.25) is 4.79 Å². The molecule has 0 aromatic heterocycles. The zero-order chi connectivity index (χ0) is 12.8. The molecule has 1 amide bonds. The molecule has 0 aliphatic heterocycles. The van der Waals surface area contributed by atoms with E-state index in [4.69, 9.17) is 5.73 Å². The molecule has 2 unspecified atom stereocenters. The summed E-state index contributed by atoms with van der Waals surface area (Å²) in [6.07, 6.45) is 4.73. The van der Waals surface area contributed by atoms with Gasteiger partial charge >= 0.3 is 0 Å². The Morgan fingerprint density at radius 2 is 2.18 bits per heavy atom. The number of nitrogens with one attached hydrogen (secondary N) is 1. The van der Waals surface area contributed by atoms with Gasteiger partial charge in [0.1, 0.15) is 0 Å². The Morgan fingerprint density at radius 3 is 2.76 bits per heavy atom. The molecular formula is C13H26N2OS. The van der Waals surface area contributed by atoms with Crippen molar-refractivity contribution < 1.29 is 4.79 Å². The Labute approximate surface area is 109 Å². The van der Waals surface area contributed by atoms with Crippen molar-refractivity contribution >= 4 is 17.7 Å². The number of thioether (sulfide) groups is 1. The normalized spacial score (nSPS) is 26.9. The van der Waals surface area contributed by atoms with Crippen LogP contribution in [0.3, 0.4) is 0 Å². The highest BCUT2D eigenvalue weighted by Crippen LogP contribution is 2.28. The van der Waals surface area contributed by atoms with E-state index in [1.807, 2.05) is 25.6 Å². The van der Waals surface area contributed by atoms with Crippen molar-refractivity contribution in [3.05, 3.63) is 0 Å². The van der Waals surface area contributed by atoms with Crippen LogP contribution in [0.5, 0.6) is 0 Å². The topological polar surface area (TPSA) is 55.1 Å². The highest BCUT2D eigenvalue weighted by atomic mass is 32.2. The first-order valence-corrected chi connectivity index (χ1v) is 7.77. The van der Waals surface area contributed by atoms with Crippen LogP contribution in [0.4, 0.5) is 0 Å². The molecule has 3 nitrogen and oxygen atoms in total. The fourth-order valence-corrected chi connectivity index (χ4v) is 3.44. The van der Waals surface area contributed by atoms with E-state index in [-0.39, 0.29) is 17.9 Å². The molecule has 1 rings (SSSR count). The monoisotopic (exact) mass is 258 g/mol. The van der Waals surface area contributed by atoms with Crippen molar-refractivity contribution in [2.75, 3.05) is 5.75 Å². The van der Waals surface area contributed by atoms with Crippen LogP contribution in [0.25, 0.3) is 0 Å². The molecule has 0 heterocycles. The fraction of sp³-hybridized carbons (Fsp3) is 0.923. The number of hydrogen-bond acceptors (Lipinski definition) is 3. The van der Waals surface area contributed by atoms with Crippen LogP contribution in [0, 0.1) is 5.92 Å². The second kappa shape index (κ2) is 7.27. The van der Waals surface area contributed by atoms with Gasteiger partial charge < -0.3 is 11.1 Å². The van der Waals surface area contributed by atoms with E-state index in [0.29, 0.717) is 11.3 Å². The number of nitrogens with two attached hydrogens (primary N) is 1. The van der Waals surface area contributed by atoms with Gasteiger partial charge in [0.05, 0.1) is 6.04 Å². The zero-order valence-electron chi connectivity index (χ0n) is 11.2. The molecule has 1 aliphatic rings. The van der Waals surface area contributed by atoms with Crippen molar-refractivity contribution in [1.82, 2.24) is 5.32 Å². The molecule has 0 aromatic rings. The molecule has 3 N–H and O–H groups in total. The SMILES string of the molecule is CCSC1CCCC(NC(=O)[C@@H](N)C(C)C)C1. The summed E-state index contributed by atoms with van der Waals surface area (Å²) in [4.78, 5) is 11.9. The molecule has 1 fully saturated rings. The number of hydrogen-bond donors (Lipinski definition) is 2. The third kappa shape index (κ3) is 4.88. The van der Waals surface area contributed by atoms with Crippen molar-refractivity contribution in [2.24, 2.45) is 11.7 Å². The molecule has 1 saturated carbocycles. The molecule has 17 heavy (non-hydrogen) atoms. The van der Waals surface area contributed by atoms with Crippen LogP contribution < -0.4 is 11.1 Å². The standard InChI is InChI=1S/C13H26N2OS/c1-4-17-11-7-5-6-10(8-11)15-13(16)12(14)9(2)3/h9-12H,4-8,14H2,1-3H3,(H,15,16)/t10?,11?,12-/m0/s1. The Morgan fingerprint density at radius 1 is 1.47 bits per heavy atom. The molecule has 0 spiro atoms. The number of amides is 1. The predicted molar refractivity (Wildman–Crippen MR) is 75.1 cm³/mol. The smallest absolute Gasteiger partial charge is 0.237 e. The first kappa shape index (κ1) is 14.8. The third-order valence-corrected chi connectivity index (χ3v) is 4.63. The lowest BCUT2D eigenvalue weighted by Gasteiger charge is -2.30. The molecular weight excluding hydrogens is 232 g/mol.